The third-order valence-corrected chi connectivity index (χ3v) is 3.60. The van der Waals surface area contributed by atoms with E-state index in [9.17, 15) is 9.59 Å². The lowest BCUT2D eigenvalue weighted by Gasteiger charge is -2.30. The highest BCUT2D eigenvalue weighted by Crippen LogP contribution is 2.40. The lowest BCUT2D eigenvalue weighted by atomic mass is 9.90. The molecule has 0 fully saturated rings. The van der Waals surface area contributed by atoms with E-state index in [-0.39, 0.29) is 24.3 Å². The molecule has 3 rings (SSSR count). The Kier molecular flexibility index (Phi) is 3.27. The van der Waals surface area contributed by atoms with Gasteiger partial charge in [0.1, 0.15) is 0 Å². The van der Waals surface area contributed by atoms with E-state index in [1.54, 1.807) is 24.3 Å². The van der Waals surface area contributed by atoms with Crippen LogP contribution in [0, 0.1) is 0 Å². The van der Waals surface area contributed by atoms with Crippen LogP contribution in [-0.2, 0) is 30.5 Å². The SMILES string of the molecule is NC(=O)C1(c2ccccc2C2(C(N)=O)N=CCO2)N=CCO1. The molecule has 0 aliphatic carbocycles. The first kappa shape index (κ1) is 14.4. The molecule has 2 atom stereocenters. The van der Waals surface area contributed by atoms with Gasteiger partial charge in [0.15, 0.2) is 0 Å². The monoisotopic (exact) mass is 302 g/mol. The van der Waals surface area contributed by atoms with Crippen LogP contribution < -0.4 is 11.5 Å². The highest BCUT2D eigenvalue weighted by molar-refractivity contribution is 5.92. The van der Waals surface area contributed by atoms with Gasteiger partial charge in [0, 0.05) is 23.6 Å². The summed E-state index contributed by atoms with van der Waals surface area (Å²) >= 11 is 0. The van der Waals surface area contributed by atoms with E-state index in [1.165, 1.54) is 12.4 Å². The van der Waals surface area contributed by atoms with Crippen molar-refractivity contribution in [2.75, 3.05) is 13.2 Å². The third-order valence-electron chi connectivity index (χ3n) is 3.60. The first-order valence-electron chi connectivity index (χ1n) is 6.58. The molecule has 2 heterocycles. The van der Waals surface area contributed by atoms with Gasteiger partial charge in [-0.15, -0.1) is 0 Å². The molecule has 8 heteroatoms. The predicted molar refractivity (Wildman–Crippen MR) is 77.1 cm³/mol. The Morgan fingerprint density at radius 1 is 0.909 bits per heavy atom. The van der Waals surface area contributed by atoms with Crippen molar-refractivity contribution in [3.05, 3.63) is 35.4 Å². The second-order valence-corrected chi connectivity index (χ2v) is 4.81. The zero-order valence-corrected chi connectivity index (χ0v) is 11.6. The number of nitrogens with zero attached hydrogens (tertiary/aromatic N) is 2. The van der Waals surface area contributed by atoms with Gasteiger partial charge in [-0.25, -0.2) is 9.98 Å². The number of rotatable bonds is 4. The molecule has 1 aromatic rings. The molecule has 22 heavy (non-hydrogen) atoms. The van der Waals surface area contributed by atoms with Crippen molar-refractivity contribution in [3.8, 4) is 0 Å². The Labute approximate surface area is 125 Å². The van der Waals surface area contributed by atoms with Gasteiger partial charge in [0.05, 0.1) is 13.2 Å². The smallest absolute Gasteiger partial charge is 0.277 e. The number of hydrogen-bond donors (Lipinski definition) is 2. The summed E-state index contributed by atoms with van der Waals surface area (Å²) in [5.41, 5.74) is 8.11. The largest absolute Gasteiger partial charge is 0.365 e. The lowest BCUT2D eigenvalue weighted by Crippen LogP contribution is -2.46. The number of primary amides is 2. The highest BCUT2D eigenvalue weighted by Gasteiger charge is 2.50. The molecule has 8 nitrogen and oxygen atoms in total. The van der Waals surface area contributed by atoms with Gasteiger partial charge in [-0.05, 0) is 0 Å². The maximum atomic E-state index is 12.0. The van der Waals surface area contributed by atoms with Crippen LogP contribution in [0.25, 0.3) is 0 Å². The van der Waals surface area contributed by atoms with Crippen LogP contribution in [0.2, 0.25) is 0 Å². The van der Waals surface area contributed by atoms with E-state index < -0.39 is 23.3 Å². The van der Waals surface area contributed by atoms with Crippen LogP contribution >= 0.6 is 0 Å². The quantitative estimate of drug-likeness (QED) is 0.751. The van der Waals surface area contributed by atoms with Crippen molar-refractivity contribution in [3.63, 3.8) is 0 Å². The van der Waals surface area contributed by atoms with E-state index in [2.05, 4.69) is 9.98 Å². The van der Waals surface area contributed by atoms with Crippen LogP contribution in [0.15, 0.2) is 34.3 Å². The summed E-state index contributed by atoms with van der Waals surface area (Å²) in [7, 11) is 0. The summed E-state index contributed by atoms with van der Waals surface area (Å²) in [5.74, 6) is -1.59. The van der Waals surface area contributed by atoms with Crippen molar-refractivity contribution < 1.29 is 19.1 Å². The average Bonchev–Trinajstić information content (AvgIpc) is 3.18. The van der Waals surface area contributed by atoms with E-state index in [0.29, 0.717) is 0 Å². The van der Waals surface area contributed by atoms with Crippen molar-refractivity contribution in [1.29, 1.82) is 0 Å². The molecule has 4 N–H and O–H groups in total. The Morgan fingerprint density at radius 3 is 1.59 bits per heavy atom. The fraction of sp³-hybridized carbons (Fsp3) is 0.286. The van der Waals surface area contributed by atoms with E-state index in [0.717, 1.165) is 0 Å². The summed E-state index contributed by atoms with van der Waals surface area (Å²) < 4.78 is 10.9. The second-order valence-electron chi connectivity index (χ2n) is 4.81. The number of carbonyl (C=O) groups is 2. The first-order valence-corrected chi connectivity index (χ1v) is 6.58. The lowest BCUT2D eigenvalue weighted by molar-refractivity contribution is -0.143. The zero-order chi connectivity index (χ0) is 15.8. The molecule has 2 aliphatic heterocycles. The molecule has 0 aromatic heterocycles. The third kappa shape index (κ3) is 1.85. The fourth-order valence-electron chi connectivity index (χ4n) is 2.63. The molecule has 1 aromatic carbocycles. The molecule has 2 amide bonds. The van der Waals surface area contributed by atoms with Gasteiger partial charge in [0.2, 0.25) is 0 Å². The number of amides is 2. The van der Waals surface area contributed by atoms with Gasteiger partial charge in [-0.2, -0.15) is 0 Å². The Hall–Kier alpha value is -2.58. The Morgan fingerprint density at radius 2 is 1.32 bits per heavy atom. The molecule has 0 saturated carbocycles. The van der Waals surface area contributed by atoms with E-state index in [1.807, 2.05) is 0 Å². The highest BCUT2D eigenvalue weighted by atomic mass is 16.5. The predicted octanol–water partition coefficient (Wildman–Crippen LogP) is -0.835. The van der Waals surface area contributed by atoms with Crippen molar-refractivity contribution in [2.45, 2.75) is 11.4 Å². The zero-order valence-electron chi connectivity index (χ0n) is 11.6. The molecule has 0 radical (unpaired) electrons. The van der Waals surface area contributed by atoms with Crippen LogP contribution in [0.1, 0.15) is 11.1 Å². The number of nitrogens with two attached hydrogens (primary N) is 2. The van der Waals surface area contributed by atoms with E-state index >= 15 is 0 Å². The van der Waals surface area contributed by atoms with E-state index in [4.69, 9.17) is 20.9 Å². The number of benzene rings is 1. The minimum Gasteiger partial charge on any atom is -0.365 e. The number of carbonyl (C=O) groups excluding carboxylic acids is 2. The van der Waals surface area contributed by atoms with Gasteiger partial charge >= 0.3 is 0 Å². The summed E-state index contributed by atoms with van der Waals surface area (Å²) in [6.07, 6.45) is 2.88. The summed E-state index contributed by atoms with van der Waals surface area (Å²) in [4.78, 5) is 32.1. The topological polar surface area (TPSA) is 129 Å². The van der Waals surface area contributed by atoms with Crippen molar-refractivity contribution in [2.24, 2.45) is 21.5 Å². The van der Waals surface area contributed by atoms with Crippen molar-refractivity contribution in [1.82, 2.24) is 0 Å². The maximum Gasteiger partial charge on any atom is 0.277 e. The fourth-order valence-corrected chi connectivity index (χ4v) is 2.63. The standard InChI is InChI=1S/C14H14N4O4/c15-11(19)13(17-5-7-21-13)9-3-1-2-4-10(9)14(12(16)20)18-6-8-22-14/h1-6H,7-8H2,(H2,15,19)(H2,16,20). The molecule has 0 spiro atoms. The van der Waals surface area contributed by atoms with Crippen molar-refractivity contribution >= 4 is 24.2 Å². The first-order chi connectivity index (χ1) is 10.5. The molecular weight excluding hydrogens is 288 g/mol. The van der Waals surface area contributed by atoms with Gasteiger partial charge in [-0.3, -0.25) is 9.59 Å². The van der Waals surface area contributed by atoms with Crippen LogP contribution in [0.3, 0.4) is 0 Å². The Bertz CT molecular complexity index is 643. The molecule has 0 bridgehead atoms. The average molecular weight is 302 g/mol. The molecule has 2 aliphatic rings. The van der Waals surface area contributed by atoms with Gasteiger partial charge < -0.3 is 20.9 Å². The van der Waals surface area contributed by atoms with Crippen LogP contribution in [0.5, 0.6) is 0 Å². The summed E-state index contributed by atoms with van der Waals surface area (Å²) in [6, 6.07) is 6.53. The second kappa shape index (κ2) is 5.00. The molecule has 2 unspecified atom stereocenters. The van der Waals surface area contributed by atoms with Crippen LogP contribution in [-0.4, -0.2) is 37.5 Å². The van der Waals surface area contributed by atoms with Crippen LogP contribution in [0.4, 0.5) is 0 Å². The van der Waals surface area contributed by atoms with Gasteiger partial charge in [-0.1, -0.05) is 24.3 Å². The summed E-state index contributed by atoms with van der Waals surface area (Å²) in [5, 5.41) is 0. The minimum absolute atomic E-state index is 0.130. The van der Waals surface area contributed by atoms with Gasteiger partial charge in [0.25, 0.3) is 23.3 Å². The normalized spacial score (nSPS) is 29.8. The molecule has 0 saturated heterocycles. The maximum absolute atomic E-state index is 12.0. The number of hydrogen-bond acceptors (Lipinski definition) is 6. The number of ether oxygens (including phenoxy) is 2. The molecule has 114 valence electrons. The molecular formula is C14H14N4O4. The number of aliphatic imine (C=N–C) groups is 2. The Balaban J connectivity index is 2.24. The minimum atomic E-state index is -1.71. The summed E-state index contributed by atoms with van der Waals surface area (Å²) in [6.45, 7) is 0.260.